The van der Waals surface area contributed by atoms with Crippen molar-refractivity contribution in [3.8, 4) is 0 Å². The molecule has 0 amide bonds. The molecule has 3 aromatic rings. The first kappa shape index (κ1) is 15.0. The summed E-state index contributed by atoms with van der Waals surface area (Å²) in [5, 5.41) is 9.94. The number of hydrogen-bond acceptors (Lipinski definition) is 3. The molecule has 0 fully saturated rings. The maximum Gasteiger partial charge on any atom is 0.0517 e. The summed E-state index contributed by atoms with van der Waals surface area (Å²) in [4.78, 5) is 4.19. The molecule has 20 heavy (non-hydrogen) atoms. The molecule has 4 nitrogen and oxygen atoms in total. The minimum atomic E-state index is 0. The Hall–Kier alpha value is -1.39. The Bertz CT molecular complexity index is 743. The van der Waals surface area contributed by atoms with Gasteiger partial charge in [0.2, 0.25) is 0 Å². The van der Waals surface area contributed by atoms with Crippen molar-refractivity contribution >= 4 is 16.6 Å². The maximum atomic E-state index is 7.79. The number of rotatable bonds is 2. The monoisotopic (exact) mass is 338 g/mol. The zero-order valence-electron chi connectivity index (χ0n) is 11.2. The first-order valence-corrected chi connectivity index (χ1v) is 6.11. The van der Waals surface area contributed by atoms with Crippen LogP contribution >= 0.6 is 0 Å². The summed E-state index contributed by atoms with van der Waals surface area (Å²) in [6.07, 6.45) is 2.51. The van der Waals surface area contributed by atoms with Gasteiger partial charge in [-0.05, 0) is 35.8 Å². The van der Waals surface area contributed by atoms with Gasteiger partial charge >= 0.3 is 0 Å². The average Bonchev–Trinajstić information content (AvgIpc) is 2.42. The second-order valence-electron chi connectivity index (χ2n) is 4.52. The summed E-state index contributed by atoms with van der Waals surface area (Å²) in [5.74, 6) is 0.227. The fourth-order valence-electron chi connectivity index (χ4n) is 2.20. The van der Waals surface area contributed by atoms with Crippen LogP contribution in [0.25, 0.3) is 16.5 Å². The van der Waals surface area contributed by atoms with Crippen molar-refractivity contribution in [1.29, 1.82) is 0 Å². The Morgan fingerprint density at radius 2 is 1.80 bits per heavy atom. The molecule has 5 heteroatoms. The Morgan fingerprint density at radius 3 is 2.55 bits per heavy atom. The molecule has 1 aromatic carbocycles. The third-order valence-corrected chi connectivity index (χ3v) is 3.10. The van der Waals surface area contributed by atoms with Crippen LogP contribution in [0.3, 0.4) is 0 Å². The fourth-order valence-corrected chi connectivity index (χ4v) is 2.20. The number of aryl methyl sites for hydroxylation is 1. The molecule has 0 aliphatic rings. The van der Waals surface area contributed by atoms with Gasteiger partial charge in [0.05, 0.1) is 5.69 Å². The summed E-state index contributed by atoms with van der Waals surface area (Å²) in [6.45, 7) is 1.97. The number of fused-ring (bicyclic) bond motifs is 1. The van der Waals surface area contributed by atoms with Gasteiger partial charge in [0, 0.05) is 56.4 Å². The van der Waals surface area contributed by atoms with Crippen molar-refractivity contribution in [2.75, 3.05) is 0 Å². The molecule has 0 aliphatic carbocycles. The van der Waals surface area contributed by atoms with E-state index in [2.05, 4.69) is 15.2 Å². The minimum Gasteiger partial charge on any atom is -0.480 e. The number of nitrogens with zero attached hydrogens (tertiary/aromatic N) is 3. The van der Waals surface area contributed by atoms with Gasteiger partial charge in [-0.2, -0.15) is 0 Å². The van der Waals surface area contributed by atoms with Crippen LogP contribution in [0.4, 0.5) is 5.82 Å². The predicted molar refractivity (Wildman–Crippen MR) is 75.3 cm³/mol. The average molecular weight is 338 g/mol. The van der Waals surface area contributed by atoms with Crippen molar-refractivity contribution in [3.63, 3.8) is 0 Å². The standard InChI is InChI=1S/C15H13N4.Y/c1-10-8-11(6-7-17-10)9-14-12-4-2-3-5-13(12)15(16)19-18-14;/h2-8H,9H2,1H3,(H-,16,19);/q-1;. The van der Waals surface area contributed by atoms with Crippen LogP contribution in [0.2, 0.25) is 0 Å². The fraction of sp³-hybridized carbons (Fsp3) is 0.133. The smallest absolute Gasteiger partial charge is 0.0517 e. The summed E-state index contributed by atoms with van der Waals surface area (Å²) in [5.41, 5.74) is 10.8. The summed E-state index contributed by atoms with van der Waals surface area (Å²) >= 11 is 0. The Balaban J connectivity index is 0.00000147. The Morgan fingerprint density at radius 1 is 1.05 bits per heavy atom. The Labute approximate surface area is 142 Å². The van der Waals surface area contributed by atoms with E-state index in [9.17, 15) is 0 Å². The molecule has 0 spiro atoms. The van der Waals surface area contributed by atoms with Gasteiger partial charge in [0.1, 0.15) is 0 Å². The molecule has 97 valence electrons. The van der Waals surface area contributed by atoms with E-state index in [0.717, 1.165) is 27.7 Å². The second-order valence-corrected chi connectivity index (χ2v) is 4.52. The molecule has 0 bridgehead atoms. The van der Waals surface area contributed by atoms with Gasteiger partial charge in [-0.3, -0.25) is 10.1 Å². The van der Waals surface area contributed by atoms with Gasteiger partial charge in [-0.15, -0.1) is 0 Å². The van der Waals surface area contributed by atoms with Crippen LogP contribution in [0.15, 0.2) is 42.6 Å². The molecule has 0 aliphatic heterocycles. The number of nitrogens with one attached hydrogen (secondary N) is 1. The van der Waals surface area contributed by atoms with Crippen molar-refractivity contribution < 1.29 is 32.7 Å². The van der Waals surface area contributed by atoms with E-state index in [0.29, 0.717) is 6.42 Å². The second kappa shape index (κ2) is 6.38. The van der Waals surface area contributed by atoms with Gasteiger partial charge in [0.25, 0.3) is 0 Å². The minimum absolute atomic E-state index is 0. The third-order valence-electron chi connectivity index (χ3n) is 3.10. The van der Waals surface area contributed by atoms with E-state index >= 15 is 0 Å². The zero-order chi connectivity index (χ0) is 13.2. The van der Waals surface area contributed by atoms with E-state index in [-0.39, 0.29) is 38.5 Å². The SMILES string of the molecule is Cc1cc(Cc2nnc([NH-])c3ccccc23)ccn1.[Y]. The van der Waals surface area contributed by atoms with Crippen LogP contribution in [-0.2, 0) is 39.1 Å². The molecule has 1 radical (unpaired) electrons. The molecular weight excluding hydrogens is 325 g/mol. The molecule has 0 saturated heterocycles. The van der Waals surface area contributed by atoms with E-state index in [1.807, 2.05) is 43.3 Å². The number of pyridine rings is 1. The number of aromatic nitrogens is 3. The topological polar surface area (TPSA) is 62.5 Å². The van der Waals surface area contributed by atoms with Crippen LogP contribution in [0.1, 0.15) is 17.0 Å². The number of benzene rings is 1. The first-order chi connectivity index (χ1) is 9.24. The van der Waals surface area contributed by atoms with E-state index in [1.54, 1.807) is 6.20 Å². The molecule has 0 unspecified atom stereocenters. The van der Waals surface area contributed by atoms with Gasteiger partial charge in [-0.1, -0.05) is 24.3 Å². The van der Waals surface area contributed by atoms with Crippen LogP contribution in [-0.4, -0.2) is 15.2 Å². The van der Waals surface area contributed by atoms with Crippen LogP contribution in [0.5, 0.6) is 0 Å². The largest absolute Gasteiger partial charge is 0.480 e. The van der Waals surface area contributed by atoms with Gasteiger partial charge < -0.3 is 10.8 Å². The summed E-state index contributed by atoms with van der Waals surface area (Å²) in [7, 11) is 0. The molecule has 0 saturated carbocycles. The van der Waals surface area contributed by atoms with Gasteiger partial charge in [-0.25, -0.2) is 0 Å². The van der Waals surface area contributed by atoms with Crippen molar-refractivity contribution in [2.45, 2.75) is 13.3 Å². The van der Waals surface area contributed by atoms with E-state index in [4.69, 9.17) is 5.73 Å². The Kier molecular flexibility index (Phi) is 4.79. The molecule has 2 aromatic heterocycles. The number of hydrogen-bond donors (Lipinski definition) is 0. The molecule has 2 heterocycles. The summed E-state index contributed by atoms with van der Waals surface area (Å²) in [6, 6.07) is 11.8. The molecule has 3 rings (SSSR count). The van der Waals surface area contributed by atoms with Gasteiger partial charge in [0.15, 0.2) is 0 Å². The molecule has 0 atom stereocenters. The zero-order valence-corrected chi connectivity index (χ0v) is 14.0. The van der Waals surface area contributed by atoms with Crippen molar-refractivity contribution in [3.05, 3.63) is 65.3 Å². The van der Waals surface area contributed by atoms with Crippen LogP contribution < -0.4 is 0 Å². The quantitative estimate of drug-likeness (QED) is 0.717. The predicted octanol–water partition coefficient (Wildman–Crippen LogP) is 3.61. The van der Waals surface area contributed by atoms with E-state index in [1.165, 1.54) is 0 Å². The van der Waals surface area contributed by atoms with Crippen LogP contribution in [0, 0.1) is 6.92 Å². The normalized spacial score (nSPS) is 10.2. The third kappa shape index (κ3) is 3.02. The maximum absolute atomic E-state index is 7.79. The van der Waals surface area contributed by atoms with E-state index < -0.39 is 0 Å². The van der Waals surface area contributed by atoms with Crippen molar-refractivity contribution in [1.82, 2.24) is 15.2 Å². The van der Waals surface area contributed by atoms with Crippen molar-refractivity contribution in [2.24, 2.45) is 0 Å². The molecule has 1 N–H and O–H groups in total. The molecular formula is C15H13N4Y-. The first-order valence-electron chi connectivity index (χ1n) is 6.11. The summed E-state index contributed by atoms with van der Waals surface area (Å²) < 4.78 is 0.